The molecule has 1 unspecified atom stereocenters. The number of amides is 2. The molecule has 0 aliphatic heterocycles. The molecule has 4 aromatic rings. The molecule has 0 spiro atoms. The Balaban J connectivity index is 1.46. The van der Waals surface area contributed by atoms with Gasteiger partial charge in [0.15, 0.2) is 11.6 Å². The minimum absolute atomic E-state index is 0.103. The van der Waals surface area contributed by atoms with Crippen LogP contribution in [0.15, 0.2) is 60.9 Å². The molecule has 0 saturated carbocycles. The van der Waals surface area contributed by atoms with E-state index in [0.717, 1.165) is 23.4 Å². The molecule has 0 radical (unpaired) electrons. The van der Waals surface area contributed by atoms with Gasteiger partial charge >= 0.3 is 12.2 Å². The maximum absolute atomic E-state index is 13.4. The van der Waals surface area contributed by atoms with Gasteiger partial charge in [0.05, 0.1) is 43.0 Å². The second-order valence-corrected chi connectivity index (χ2v) is 9.34. The minimum atomic E-state index is -4.71. The SMILES string of the molecule is CCOc1cc(-c2ncc(NC(=O)Nc3ccc(C(C)O)c(C(F)(F)F)c3)c(C)n2)cnc1OCc1ccc(OC)cc1. The van der Waals surface area contributed by atoms with Crippen molar-refractivity contribution in [2.24, 2.45) is 0 Å². The lowest BCUT2D eigenvalue weighted by molar-refractivity contribution is -0.139. The number of carbonyl (C=O) groups is 1. The van der Waals surface area contributed by atoms with Crippen molar-refractivity contribution >= 4 is 17.4 Å². The van der Waals surface area contributed by atoms with Crippen LogP contribution in [0.25, 0.3) is 11.4 Å². The van der Waals surface area contributed by atoms with Crippen LogP contribution in [0.3, 0.4) is 0 Å². The van der Waals surface area contributed by atoms with Gasteiger partial charge in [-0.3, -0.25) is 0 Å². The van der Waals surface area contributed by atoms with Gasteiger partial charge in [0, 0.05) is 17.4 Å². The Labute approximate surface area is 245 Å². The molecule has 13 heteroatoms. The van der Waals surface area contributed by atoms with E-state index < -0.39 is 23.9 Å². The number of carbonyl (C=O) groups excluding carboxylic acids is 1. The lowest BCUT2D eigenvalue weighted by atomic mass is 10.0. The summed E-state index contributed by atoms with van der Waals surface area (Å²) in [5.41, 5.74) is 0.662. The fourth-order valence-corrected chi connectivity index (χ4v) is 4.05. The molecule has 3 N–H and O–H groups in total. The third kappa shape index (κ3) is 7.89. The van der Waals surface area contributed by atoms with Crippen LogP contribution >= 0.6 is 0 Å². The number of alkyl halides is 3. The molecule has 4 rings (SSSR count). The summed E-state index contributed by atoms with van der Waals surface area (Å²) in [6.45, 7) is 5.34. The monoisotopic (exact) mass is 597 g/mol. The highest BCUT2D eigenvalue weighted by Crippen LogP contribution is 2.36. The number of pyridine rings is 1. The first-order valence-corrected chi connectivity index (χ1v) is 13.2. The lowest BCUT2D eigenvalue weighted by Crippen LogP contribution is -2.21. The highest BCUT2D eigenvalue weighted by atomic mass is 19.4. The predicted molar refractivity (Wildman–Crippen MR) is 153 cm³/mol. The van der Waals surface area contributed by atoms with Crippen molar-refractivity contribution in [3.8, 4) is 28.8 Å². The largest absolute Gasteiger partial charge is 0.497 e. The molecule has 226 valence electrons. The number of aromatic nitrogens is 3. The van der Waals surface area contributed by atoms with E-state index in [1.807, 2.05) is 31.2 Å². The second-order valence-electron chi connectivity index (χ2n) is 9.34. The summed E-state index contributed by atoms with van der Waals surface area (Å²) in [6, 6.07) is 11.5. The number of hydrogen-bond acceptors (Lipinski definition) is 8. The van der Waals surface area contributed by atoms with Gasteiger partial charge in [0.2, 0.25) is 0 Å². The summed E-state index contributed by atoms with van der Waals surface area (Å²) in [5, 5.41) is 14.6. The van der Waals surface area contributed by atoms with E-state index in [9.17, 15) is 23.1 Å². The number of aliphatic hydroxyl groups is 1. The third-order valence-corrected chi connectivity index (χ3v) is 6.21. The van der Waals surface area contributed by atoms with Gasteiger partial charge in [-0.15, -0.1) is 0 Å². The van der Waals surface area contributed by atoms with Crippen LogP contribution < -0.4 is 24.8 Å². The Morgan fingerprint density at radius 2 is 1.77 bits per heavy atom. The number of halogens is 3. The molecule has 2 amide bonds. The van der Waals surface area contributed by atoms with Crippen LogP contribution in [0.4, 0.5) is 29.3 Å². The number of anilines is 2. The maximum atomic E-state index is 13.4. The van der Waals surface area contributed by atoms with Gasteiger partial charge < -0.3 is 30.0 Å². The molecule has 2 aromatic heterocycles. The average molecular weight is 598 g/mol. The van der Waals surface area contributed by atoms with Gasteiger partial charge in [-0.05, 0) is 62.2 Å². The van der Waals surface area contributed by atoms with Crippen LogP contribution in [0, 0.1) is 6.92 Å². The van der Waals surface area contributed by atoms with E-state index in [1.165, 1.54) is 25.4 Å². The van der Waals surface area contributed by atoms with Crippen LogP contribution in [0.5, 0.6) is 17.4 Å². The lowest BCUT2D eigenvalue weighted by Gasteiger charge is -2.17. The van der Waals surface area contributed by atoms with E-state index in [-0.39, 0.29) is 23.5 Å². The van der Waals surface area contributed by atoms with Gasteiger partial charge in [-0.2, -0.15) is 13.2 Å². The number of ether oxygens (including phenoxy) is 3. The van der Waals surface area contributed by atoms with Crippen molar-refractivity contribution in [1.82, 2.24) is 15.0 Å². The van der Waals surface area contributed by atoms with Gasteiger partial charge in [0.1, 0.15) is 12.4 Å². The summed E-state index contributed by atoms with van der Waals surface area (Å²) in [5.74, 6) is 1.74. The molecule has 0 fully saturated rings. The molecule has 0 aliphatic rings. The molecule has 2 aromatic carbocycles. The fourth-order valence-electron chi connectivity index (χ4n) is 4.05. The topological polar surface area (TPSA) is 128 Å². The van der Waals surface area contributed by atoms with E-state index >= 15 is 0 Å². The van der Waals surface area contributed by atoms with E-state index in [1.54, 1.807) is 20.1 Å². The van der Waals surface area contributed by atoms with E-state index in [4.69, 9.17) is 14.2 Å². The fraction of sp³-hybridized carbons (Fsp3) is 0.267. The Kier molecular flexibility index (Phi) is 9.66. The van der Waals surface area contributed by atoms with Crippen molar-refractivity contribution in [1.29, 1.82) is 0 Å². The highest BCUT2D eigenvalue weighted by Gasteiger charge is 2.34. The number of aliphatic hydroxyl groups excluding tert-OH is 1. The molecular formula is C30H30F3N5O5. The van der Waals surface area contributed by atoms with Crippen molar-refractivity contribution in [3.63, 3.8) is 0 Å². The zero-order valence-electron chi connectivity index (χ0n) is 23.8. The van der Waals surface area contributed by atoms with Crippen molar-refractivity contribution in [2.75, 3.05) is 24.4 Å². The van der Waals surface area contributed by atoms with E-state index in [2.05, 4.69) is 25.6 Å². The number of aryl methyl sites for hydroxylation is 1. The van der Waals surface area contributed by atoms with Crippen molar-refractivity contribution in [3.05, 3.63) is 83.3 Å². The van der Waals surface area contributed by atoms with Crippen LogP contribution in [0.2, 0.25) is 0 Å². The number of nitrogens with zero attached hydrogens (tertiary/aromatic N) is 3. The van der Waals surface area contributed by atoms with Gasteiger partial charge in [-0.25, -0.2) is 19.7 Å². The van der Waals surface area contributed by atoms with Crippen LogP contribution in [-0.2, 0) is 12.8 Å². The summed E-state index contributed by atoms with van der Waals surface area (Å²) in [6.07, 6.45) is -3.13. The first-order chi connectivity index (χ1) is 20.5. The molecule has 0 bridgehead atoms. The zero-order valence-corrected chi connectivity index (χ0v) is 23.8. The van der Waals surface area contributed by atoms with E-state index in [0.29, 0.717) is 35.3 Å². The predicted octanol–water partition coefficient (Wildman–Crippen LogP) is 6.55. The minimum Gasteiger partial charge on any atom is -0.497 e. The van der Waals surface area contributed by atoms with Crippen LogP contribution in [0.1, 0.15) is 42.3 Å². The van der Waals surface area contributed by atoms with Crippen LogP contribution in [-0.4, -0.2) is 39.8 Å². The normalized spacial score (nSPS) is 11.9. The molecule has 10 nitrogen and oxygen atoms in total. The number of hydrogen-bond donors (Lipinski definition) is 3. The molecule has 0 saturated heterocycles. The van der Waals surface area contributed by atoms with Gasteiger partial charge in [-0.1, -0.05) is 18.2 Å². The van der Waals surface area contributed by atoms with Crippen molar-refractivity contribution < 1.29 is 37.3 Å². The molecule has 2 heterocycles. The summed E-state index contributed by atoms with van der Waals surface area (Å²) < 4.78 is 57.1. The number of benzene rings is 2. The zero-order chi connectivity index (χ0) is 31.1. The van der Waals surface area contributed by atoms with Crippen molar-refractivity contribution in [2.45, 2.75) is 39.7 Å². The first kappa shape index (κ1) is 31.0. The maximum Gasteiger partial charge on any atom is 0.416 e. The number of methoxy groups -OCH3 is 1. The molecule has 0 aliphatic carbocycles. The summed E-state index contributed by atoms with van der Waals surface area (Å²) in [4.78, 5) is 25.7. The number of nitrogens with one attached hydrogen (secondary N) is 2. The average Bonchev–Trinajstić information content (AvgIpc) is 2.97. The Morgan fingerprint density at radius 1 is 1.02 bits per heavy atom. The number of urea groups is 1. The summed E-state index contributed by atoms with van der Waals surface area (Å²) >= 11 is 0. The Morgan fingerprint density at radius 3 is 2.40 bits per heavy atom. The molecule has 43 heavy (non-hydrogen) atoms. The quantitative estimate of drug-likeness (QED) is 0.188. The highest BCUT2D eigenvalue weighted by molar-refractivity contribution is 6.00. The Bertz CT molecular complexity index is 1580. The third-order valence-electron chi connectivity index (χ3n) is 6.21. The Hall–Kier alpha value is -4.91. The standard InChI is InChI=1S/C30H30F3N5O5/c1-5-42-26-12-20(14-35-28(26)43-16-19-6-9-22(41-4)10-7-19)27-34-15-25(17(2)36-27)38-29(40)37-21-8-11-23(18(3)39)24(13-21)30(31,32)33/h6-15,18,39H,5,16H2,1-4H3,(H2,37,38,40). The number of rotatable bonds is 10. The summed E-state index contributed by atoms with van der Waals surface area (Å²) in [7, 11) is 1.59. The van der Waals surface area contributed by atoms with Gasteiger partial charge in [0.25, 0.3) is 5.88 Å². The molecule has 1 atom stereocenters. The smallest absolute Gasteiger partial charge is 0.416 e. The first-order valence-electron chi connectivity index (χ1n) is 13.2. The second kappa shape index (κ2) is 13.4. The molecular weight excluding hydrogens is 567 g/mol.